The number of rotatable bonds is 11. The molecule has 42 heavy (non-hydrogen) atoms. The van der Waals surface area contributed by atoms with E-state index in [0.717, 1.165) is 24.6 Å². The van der Waals surface area contributed by atoms with Crippen LogP contribution in [-0.2, 0) is 30.9 Å². The summed E-state index contributed by atoms with van der Waals surface area (Å²) < 4.78 is 161. The van der Waals surface area contributed by atoms with Gasteiger partial charge in [-0.2, -0.15) is 39.5 Å². The maximum atomic E-state index is 12.6. The van der Waals surface area contributed by atoms with Crippen molar-refractivity contribution in [3.63, 3.8) is 0 Å². The molecule has 0 saturated carbocycles. The van der Waals surface area contributed by atoms with Gasteiger partial charge in [0.2, 0.25) is 0 Å². The third-order valence-corrected chi connectivity index (χ3v) is 11.6. The fourth-order valence-electron chi connectivity index (χ4n) is 4.00. The predicted molar refractivity (Wildman–Crippen MR) is 140 cm³/mol. The standard InChI is InChI=1S/C21H29O2S2.C4HF9O3S/c1-2-3-4-5-8-15-25(22,23)21-12-10-18-16-20(11-9-19(18)17-21)24-13-6-7-14-24;5-1(6,3(9,10)11)2(7,8)4(12,13)17(14,15)16/h9-12,16-17H,2-8,13-15H2,1H3;(H,14,15,16)/q+1;/p-1. The van der Waals surface area contributed by atoms with Gasteiger partial charge in [-0.05, 0) is 54.3 Å². The number of unbranched alkanes of at least 4 members (excludes halogenated alkanes) is 4. The first-order valence-electron chi connectivity index (χ1n) is 12.7. The highest BCUT2D eigenvalue weighted by atomic mass is 32.2. The fourth-order valence-corrected chi connectivity index (χ4v) is 8.18. The number of hydrogen-bond acceptors (Lipinski definition) is 5. The topological polar surface area (TPSA) is 91.3 Å². The summed E-state index contributed by atoms with van der Waals surface area (Å²) in [6.45, 7) is 2.17. The summed E-state index contributed by atoms with van der Waals surface area (Å²) in [5.41, 5.74) is 0. The highest BCUT2D eigenvalue weighted by Gasteiger charge is 2.83. The zero-order valence-electron chi connectivity index (χ0n) is 22.2. The average molecular weight is 677 g/mol. The van der Waals surface area contributed by atoms with Crippen LogP contribution in [0.2, 0.25) is 0 Å². The maximum Gasteiger partial charge on any atom is 0.460 e. The molecule has 1 heterocycles. The molecule has 0 spiro atoms. The van der Waals surface area contributed by atoms with E-state index in [9.17, 15) is 60.9 Å². The van der Waals surface area contributed by atoms with E-state index in [4.69, 9.17) is 0 Å². The van der Waals surface area contributed by atoms with Crippen LogP contribution in [0.1, 0.15) is 51.9 Å². The highest BCUT2D eigenvalue weighted by Crippen LogP contribution is 2.54. The lowest BCUT2D eigenvalue weighted by Crippen LogP contribution is -2.63. The van der Waals surface area contributed by atoms with Crippen molar-refractivity contribution in [2.45, 2.75) is 84.9 Å². The molecular weight excluding hydrogens is 647 g/mol. The van der Waals surface area contributed by atoms with Crippen LogP contribution in [0, 0.1) is 0 Å². The first-order chi connectivity index (χ1) is 19.1. The van der Waals surface area contributed by atoms with Crippen molar-refractivity contribution in [2.24, 2.45) is 0 Å². The molecule has 1 aliphatic rings. The zero-order chi connectivity index (χ0) is 32.2. The normalized spacial score (nSPS) is 16.0. The first-order valence-corrected chi connectivity index (χ1v) is 17.3. The molecule has 3 rings (SSSR count). The maximum absolute atomic E-state index is 12.6. The first kappa shape index (κ1) is 36.5. The Morgan fingerprint density at radius 1 is 0.738 bits per heavy atom. The van der Waals surface area contributed by atoms with Gasteiger partial charge >= 0.3 is 23.3 Å². The quantitative estimate of drug-likeness (QED) is 0.108. The zero-order valence-corrected chi connectivity index (χ0v) is 24.7. The predicted octanol–water partition coefficient (Wildman–Crippen LogP) is 7.31. The van der Waals surface area contributed by atoms with Crippen LogP contribution in [-0.4, -0.2) is 61.9 Å². The van der Waals surface area contributed by atoms with E-state index >= 15 is 0 Å². The summed E-state index contributed by atoms with van der Waals surface area (Å²) in [4.78, 5) is 1.92. The number of hydrogen-bond donors (Lipinski definition) is 0. The van der Waals surface area contributed by atoms with Crippen molar-refractivity contribution in [1.29, 1.82) is 0 Å². The molecule has 0 unspecified atom stereocenters. The fraction of sp³-hybridized carbons (Fsp3) is 0.600. The van der Waals surface area contributed by atoms with Crippen LogP contribution in [0.25, 0.3) is 10.8 Å². The minimum atomic E-state index is -7.43. The van der Waals surface area contributed by atoms with Crippen molar-refractivity contribution in [3.05, 3.63) is 36.4 Å². The SMILES string of the molecule is CCCCCCCS(=O)(=O)c1ccc2cc([S+]3CCCC3)ccc2c1.O=S(=O)([O-])C(F)(F)C(F)(F)C(F)(F)C(F)(F)F. The summed E-state index contributed by atoms with van der Waals surface area (Å²) in [7, 11) is -10.2. The van der Waals surface area contributed by atoms with E-state index in [1.54, 1.807) is 6.07 Å². The van der Waals surface area contributed by atoms with Crippen LogP contribution >= 0.6 is 0 Å². The molecule has 1 fully saturated rings. The number of benzene rings is 2. The Morgan fingerprint density at radius 2 is 1.26 bits per heavy atom. The summed E-state index contributed by atoms with van der Waals surface area (Å²) in [5.74, 6) is -11.9. The van der Waals surface area contributed by atoms with Crippen molar-refractivity contribution in [3.8, 4) is 0 Å². The molecule has 1 saturated heterocycles. The lowest BCUT2D eigenvalue weighted by molar-refractivity contribution is -0.382. The van der Waals surface area contributed by atoms with Crippen LogP contribution < -0.4 is 0 Å². The van der Waals surface area contributed by atoms with Crippen molar-refractivity contribution >= 4 is 41.6 Å². The number of halogens is 9. The Kier molecular flexibility index (Phi) is 11.7. The molecule has 0 aromatic heterocycles. The minimum Gasteiger partial charge on any atom is -0.743 e. The van der Waals surface area contributed by atoms with Gasteiger partial charge in [-0.25, -0.2) is 16.8 Å². The van der Waals surface area contributed by atoms with Crippen LogP contribution in [0.15, 0.2) is 46.2 Å². The minimum absolute atomic E-state index is 0.268. The number of alkyl halides is 9. The molecule has 2 aromatic rings. The summed E-state index contributed by atoms with van der Waals surface area (Å²) in [6.07, 6.45) is 0.807. The molecule has 0 bridgehead atoms. The van der Waals surface area contributed by atoms with Crippen LogP contribution in [0.4, 0.5) is 39.5 Å². The molecule has 0 atom stereocenters. The number of sulfone groups is 1. The molecule has 0 amide bonds. The van der Waals surface area contributed by atoms with Crippen molar-refractivity contribution in [2.75, 3.05) is 17.3 Å². The molecule has 0 radical (unpaired) electrons. The molecule has 0 N–H and O–H groups in total. The molecule has 240 valence electrons. The summed E-state index contributed by atoms with van der Waals surface area (Å²) >= 11 is 0. The second-order valence-electron chi connectivity index (χ2n) is 9.63. The summed E-state index contributed by atoms with van der Waals surface area (Å²) in [5, 5.41) is -4.91. The molecule has 2 aromatic carbocycles. The largest absolute Gasteiger partial charge is 0.743 e. The van der Waals surface area contributed by atoms with E-state index in [1.807, 2.05) is 12.1 Å². The van der Waals surface area contributed by atoms with Gasteiger partial charge in [-0.1, -0.05) is 38.7 Å². The van der Waals surface area contributed by atoms with Gasteiger partial charge < -0.3 is 4.55 Å². The van der Waals surface area contributed by atoms with E-state index in [-0.39, 0.29) is 5.75 Å². The Morgan fingerprint density at radius 3 is 1.79 bits per heavy atom. The summed E-state index contributed by atoms with van der Waals surface area (Å²) in [6, 6.07) is 12.2. The lowest BCUT2D eigenvalue weighted by Gasteiger charge is -2.34. The van der Waals surface area contributed by atoms with Gasteiger partial charge in [-0.15, -0.1) is 0 Å². The third kappa shape index (κ3) is 8.05. The van der Waals surface area contributed by atoms with Crippen LogP contribution in [0.5, 0.6) is 0 Å². The monoisotopic (exact) mass is 676 g/mol. The average Bonchev–Trinajstić information content (AvgIpc) is 3.42. The molecule has 1 aliphatic heterocycles. The van der Waals surface area contributed by atoms with E-state index < -0.39 is 43.2 Å². The Bertz CT molecular complexity index is 1420. The van der Waals surface area contributed by atoms with E-state index in [2.05, 4.69) is 25.1 Å². The molecule has 0 aliphatic carbocycles. The van der Waals surface area contributed by atoms with Gasteiger partial charge in [0.05, 0.1) is 10.6 Å². The smallest absolute Gasteiger partial charge is 0.460 e. The van der Waals surface area contributed by atoms with Gasteiger partial charge in [0.25, 0.3) is 0 Å². The van der Waals surface area contributed by atoms with Crippen molar-refractivity contribution in [1.82, 2.24) is 0 Å². The van der Waals surface area contributed by atoms with Gasteiger partial charge in [0.1, 0.15) is 11.5 Å². The second kappa shape index (κ2) is 13.5. The Labute approximate surface area is 240 Å². The van der Waals surface area contributed by atoms with E-state index in [1.165, 1.54) is 47.5 Å². The number of fused-ring (bicyclic) bond motifs is 1. The lowest BCUT2D eigenvalue weighted by atomic mass is 10.1. The Balaban J connectivity index is 0.000000319. The molecule has 17 heteroatoms. The second-order valence-corrected chi connectivity index (χ2v) is 15.4. The third-order valence-electron chi connectivity index (χ3n) is 6.45. The van der Waals surface area contributed by atoms with Gasteiger partial charge in [0, 0.05) is 17.0 Å². The van der Waals surface area contributed by atoms with Crippen LogP contribution in [0.3, 0.4) is 0 Å². The highest BCUT2D eigenvalue weighted by molar-refractivity contribution is 7.97. The molecule has 5 nitrogen and oxygen atoms in total. The van der Waals surface area contributed by atoms with E-state index in [0.29, 0.717) is 15.8 Å². The van der Waals surface area contributed by atoms with Gasteiger partial charge in [-0.3, -0.25) is 0 Å². The van der Waals surface area contributed by atoms with Gasteiger partial charge in [0.15, 0.2) is 24.9 Å². The van der Waals surface area contributed by atoms with Crippen molar-refractivity contribution < 1.29 is 60.9 Å². The Hall–Kier alpha value is -1.72. The molecular formula is C25H29F9O5S3.